The van der Waals surface area contributed by atoms with Gasteiger partial charge in [-0.05, 0) is 28.1 Å². The average Bonchev–Trinajstić information content (AvgIpc) is 2.62. The van der Waals surface area contributed by atoms with E-state index in [1.807, 2.05) is 4.90 Å². The summed E-state index contributed by atoms with van der Waals surface area (Å²) in [5, 5.41) is 21.7. The van der Waals surface area contributed by atoms with Crippen LogP contribution in [0, 0.1) is 21.3 Å². The van der Waals surface area contributed by atoms with E-state index in [1.165, 1.54) is 0 Å². The van der Waals surface area contributed by atoms with E-state index in [4.69, 9.17) is 10.1 Å². The Hall–Kier alpha value is -2.66. The lowest BCUT2D eigenvalue weighted by atomic mass is 10.1. The van der Waals surface area contributed by atoms with E-state index >= 15 is 0 Å². The fraction of sp³-hybridized carbons (Fsp3) is 0.267. The molecular weight excluding hydrogens is 411 g/mol. The molecule has 0 unspecified atom stereocenters. The number of nitrogens with one attached hydrogen (secondary N) is 2. The van der Waals surface area contributed by atoms with Crippen molar-refractivity contribution >= 4 is 39.2 Å². The summed E-state index contributed by atoms with van der Waals surface area (Å²) in [6.45, 7) is 2.61. The highest BCUT2D eigenvalue weighted by Crippen LogP contribution is 2.26. The van der Waals surface area contributed by atoms with Crippen molar-refractivity contribution in [3.8, 4) is 0 Å². The number of hydrogen-bond donors (Lipinski definition) is 2. The minimum atomic E-state index is -0.982. The van der Waals surface area contributed by atoms with Gasteiger partial charge in [0, 0.05) is 35.4 Å². The van der Waals surface area contributed by atoms with E-state index in [0.29, 0.717) is 32.1 Å². The molecule has 0 radical (unpaired) electrons. The van der Waals surface area contributed by atoms with Crippen LogP contribution in [-0.4, -0.2) is 47.0 Å². The van der Waals surface area contributed by atoms with Gasteiger partial charge in [-0.1, -0.05) is 0 Å². The molecule has 1 fully saturated rings. The lowest BCUT2D eigenvalue weighted by molar-refractivity contribution is -0.387. The van der Waals surface area contributed by atoms with Crippen LogP contribution >= 0.6 is 15.9 Å². The van der Waals surface area contributed by atoms with Crippen molar-refractivity contribution in [2.24, 2.45) is 0 Å². The normalized spacial score (nSPS) is 14.2. The molecule has 26 heavy (non-hydrogen) atoms. The number of nitrogens with zero attached hydrogens (tertiary/aromatic N) is 4. The number of hydrogen-bond acceptors (Lipinski definition) is 7. The van der Waals surface area contributed by atoms with Crippen molar-refractivity contribution in [2.75, 3.05) is 36.5 Å². The topological polar surface area (TPSA) is 117 Å². The first-order valence-corrected chi connectivity index (χ1v) is 8.40. The minimum Gasteiger partial charge on any atom is -0.378 e. The molecule has 0 aliphatic carbocycles. The molecule has 2 N–H and O–H groups in total. The molecule has 0 atom stereocenters. The standard InChI is InChI=1S/C15H14BrFN6O3/c16-10-8-11(17)12(23(24)25)7-9(10)14(18)21-15-19-2-1-13(20-15)22-3-5-26-6-4-22/h1-2,7-8H,3-6H2,(H2,18,19,20,21). The van der Waals surface area contributed by atoms with Crippen molar-refractivity contribution in [1.82, 2.24) is 9.97 Å². The first-order chi connectivity index (χ1) is 12.5. The Morgan fingerprint density at radius 3 is 2.85 bits per heavy atom. The van der Waals surface area contributed by atoms with Crippen LogP contribution < -0.4 is 10.2 Å². The summed E-state index contributed by atoms with van der Waals surface area (Å²) in [5.74, 6) is -0.330. The van der Waals surface area contributed by atoms with Crippen LogP contribution in [0.3, 0.4) is 0 Å². The fourth-order valence-electron chi connectivity index (χ4n) is 2.43. The summed E-state index contributed by atoms with van der Waals surface area (Å²) in [7, 11) is 0. The molecule has 1 aliphatic heterocycles. The number of anilines is 2. The largest absolute Gasteiger partial charge is 0.378 e. The molecule has 0 spiro atoms. The van der Waals surface area contributed by atoms with Gasteiger partial charge < -0.3 is 15.0 Å². The monoisotopic (exact) mass is 424 g/mol. The predicted molar refractivity (Wildman–Crippen MR) is 96.3 cm³/mol. The maximum absolute atomic E-state index is 13.6. The molecule has 3 rings (SSSR count). The summed E-state index contributed by atoms with van der Waals surface area (Å²) in [5.41, 5.74) is -0.587. The van der Waals surface area contributed by atoms with Crippen LogP contribution in [0.1, 0.15) is 5.56 Å². The number of nitro benzene ring substituents is 1. The van der Waals surface area contributed by atoms with Crippen molar-refractivity contribution in [2.45, 2.75) is 0 Å². The molecule has 1 aromatic heterocycles. The third-order valence-electron chi connectivity index (χ3n) is 3.72. The van der Waals surface area contributed by atoms with Gasteiger partial charge in [0.1, 0.15) is 11.7 Å². The van der Waals surface area contributed by atoms with E-state index in [2.05, 4.69) is 31.2 Å². The Balaban J connectivity index is 1.82. The van der Waals surface area contributed by atoms with Crippen LogP contribution in [-0.2, 0) is 4.74 Å². The zero-order chi connectivity index (χ0) is 18.7. The minimum absolute atomic E-state index is 0.124. The summed E-state index contributed by atoms with van der Waals surface area (Å²) < 4.78 is 19.1. The van der Waals surface area contributed by atoms with Gasteiger partial charge in [0.25, 0.3) is 0 Å². The smallest absolute Gasteiger partial charge is 0.305 e. The number of aromatic nitrogens is 2. The number of benzene rings is 1. The van der Waals surface area contributed by atoms with Gasteiger partial charge in [-0.25, -0.2) is 4.98 Å². The molecule has 9 nitrogen and oxygen atoms in total. The number of rotatable bonds is 4. The van der Waals surface area contributed by atoms with Gasteiger partial charge in [-0.3, -0.25) is 15.5 Å². The first-order valence-electron chi connectivity index (χ1n) is 7.61. The van der Waals surface area contributed by atoms with Crippen LogP contribution in [0.5, 0.6) is 0 Å². The molecule has 11 heteroatoms. The van der Waals surface area contributed by atoms with Crippen molar-refractivity contribution in [1.29, 1.82) is 5.41 Å². The molecule has 1 aliphatic rings. The molecule has 0 saturated carbocycles. The molecule has 1 saturated heterocycles. The van der Waals surface area contributed by atoms with Gasteiger partial charge >= 0.3 is 5.69 Å². The Kier molecular flexibility index (Phi) is 5.38. The highest BCUT2D eigenvalue weighted by atomic mass is 79.9. The Morgan fingerprint density at radius 1 is 1.42 bits per heavy atom. The zero-order valence-electron chi connectivity index (χ0n) is 13.4. The second-order valence-electron chi connectivity index (χ2n) is 5.38. The van der Waals surface area contributed by atoms with Crippen molar-refractivity contribution in [3.05, 3.63) is 50.4 Å². The second-order valence-corrected chi connectivity index (χ2v) is 6.23. The van der Waals surface area contributed by atoms with Gasteiger partial charge in [0.2, 0.25) is 11.8 Å². The van der Waals surface area contributed by atoms with Gasteiger partial charge in [-0.15, -0.1) is 0 Å². The Labute approximate surface area is 156 Å². The number of morpholine rings is 1. The lowest BCUT2D eigenvalue weighted by Crippen LogP contribution is -2.36. The Morgan fingerprint density at radius 2 is 2.15 bits per heavy atom. The molecule has 2 heterocycles. The highest BCUT2D eigenvalue weighted by molar-refractivity contribution is 9.10. The van der Waals surface area contributed by atoms with Crippen molar-refractivity contribution < 1.29 is 14.1 Å². The lowest BCUT2D eigenvalue weighted by Gasteiger charge is -2.27. The maximum atomic E-state index is 13.6. The van der Waals surface area contributed by atoms with E-state index in [0.717, 1.165) is 12.1 Å². The predicted octanol–water partition coefficient (Wildman–Crippen LogP) is 2.56. The van der Waals surface area contributed by atoms with Gasteiger partial charge in [0.05, 0.1) is 18.1 Å². The highest BCUT2D eigenvalue weighted by Gasteiger charge is 2.20. The van der Waals surface area contributed by atoms with Gasteiger partial charge in [0.15, 0.2) is 0 Å². The van der Waals surface area contributed by atoms with Crippen LogP contribution in [0.15, 0.2) is 28.9 Å². The van der Waals surface area contributed by atoms with Crippen LogP contribution in [0.25, 0.3) is 0 Å². The quantitative estimate of drug-likeness (QED) is 0.335. The van der Waals surface area contributed by atoms with E-state index in [9.17, 15) is 14.5 Å². The van der Waals surface area contributed by atoms with E-state index in [1.54, 1.807) is 12.3 Å². The molecule has 2 aromatic rings. The second kappa shape index (κ2) is 7.70. The molecule has 1 aromatic carbocycles. The number of amidine groups is 1. The average molecular weight is 425 g/mol. The van der Waals surface area contributed by atoms with Crippen LogP contribution in [0.2, 0.25) is 0 Å². The first kappa shape index (κ1) is 18.1. The van der Waals surface area contributed by atoms with Crippen molar-refractivity contribution in [3.63, 3.8) is 0 Å². The molecule has 0 bridgehead atoms. The molecular formula is C15H14BrFN6O3. The van der Waals surface area contributed by atoms with E-state index in [-0.39, 0.29) is 21.8 Å². The molecule has 136 valence electrons. The number of nitro groups is 1. The molecule has 0 amide bonds. The van der Waals surface area contributed by atoms with E-state index < -0.39 is 16.4 Å². The zero-order valence-corrected chi connectivity index (χ0v) is 15.0. The summed E-state index contributed by atoms with van der Waals surface area (Å²) >= 11 is 3.12. The maximum Gasteiger partial charge on any atom is 0.305 e. The van der Waals surface area contributed by atoms with Gasteiger partial charge in [-0.2, -0.15) is 9.37 Å². The third kappa shape index (κ3) is 3.94. The Bertz CT molecular complexity index is 859. The SMILES string of the molecule is N=C(Nc1nccc(N2CCOCC2)n1)c1cc([N+](=O)[O-])c(F)cc1Br. The summed E-state index contributed by atoms with van der Waals surface area (Å²) in [6.07, 6.45) is 1.55. The number of halogens is 2. The third-order valence-corrected chi connectivity index (χ3v) is 4.37. The van der Waals surface area contributed by atoms with Crippen LogP contribution in [0.4, 0.5) is 21.8 Å². The summed E-state index contributed by atoms with van der Waals surface area (Å²) in [4.78, 5) is 20.5. The summed E-state index contributed by atoms with van der Waals surface area (Å²) in [6, 6.07) is 3.69. The number of ether oxygens (including phenoxy) is 1. The fourth-order valence-corrected chi connectivity index (χ4v) is 2.94.